The summed E-state index contributed by atoms with van der Waals surface area (Å²) >= 11 is 0. The third kappa shape index (κ3) is 3.89. The van der Waals surface area contributed by atoms with E-state index < -0.39 is 0 Å². The zero-order valence-electron chi connectivity index (χ0n) is 13.8. The number of aliphatic hydroxyl groups is 1. The number of aryl methyl sites for hydroxylation is 2. The molecule has 0 bridgehead atoms. The molecule has 0 radical (unpaired) electrons. The molecule has 0 saturated carbocycles. The van der Waals surface area contributed by atoms with Crippen LogP contribution >= 0.6 is 0 Å². The van der Waals surface area contributed by atoms with Gasteiger partial charge in [0.25, 0.3) is 0 Å². The van der Waals surface area contributed by atoms with Gasteiger partial charge in [-0.3, -0.25) is 9.88 Å². The Balaban J connectivity index is 1.78. The maximum atomic E-state index is 9.81. The van der Waals surface area contributed by atoms with E-state index in [-0.39, 0.29) is 6.10 Å². The summed E-state index contributed by atoms with van der Waals surface area (Å²) in [6.45, 7) is 4.71. The molecule has 0 spiro atoms. The molecule has 23 heavy (non-hydrogen) atoms. The molecule has 6 heteroatoms. The fraction of sp³-hybridized carbons (Fsp3) is 0.529. The van der Waals surface area contributed by atoms with Gasteiger partial charge >= 0.3 is 0 Å². The number of hydrogen-bond acceptors (Lipinski definition) is 5. The van der Waals surface area contributed by atoms with E-state index in [1.807, 2.05) is 26.1 Å². The Kier molecular flexibility index (Phi) is 4.93. The summed E-state index contributed by atoms with van der Waals surface area (Å²) in [7, 11) is 1.90. The number of likely N-dealkylation sites (tertiary alicyclic amines) is 1. The largest absolute Gasteiger partial charge is 0.437 e. The number of ether oxygens (including phenoxy) is 1. The molecule has 6 nitrogen and oxygen atoms in total. The number of aliphatic hydroxyl groups excluding tert-OH is 1. The van der Waals surface area contributed by atoms with Gasteiger partial charge in [-0.1, -0.05) is 0 Å². The Morgan fingerprint density at radius 1 is 1.35 bits per heavy atom. The highest BCUT2D eigenvalue weighted by atomic mass is 16.5. The van der Waals surface area contributed by atoms with Crippen molar-refractivity contribution in [3.63, 3.8) is 0 Å². The highest BCUT2D eigenvalue weighted by Crippen LogP contribution is 2.28. The van der Waals surface area contributed by atoms with Gasteiger partial charge in [0.2, 0.25) is 5.88 Å². The maximum Gasteiger partial charge on any atom is 0.222 e. The molecule has 1 aliphatic heterocycles. The molecule has 1 saturated heterocycles. The summed E-state index contributed by atoms with van der Waals surface area (Å²) in [5, 5.41) is 14.3. The molecular weight excluding hydrogens is 292 g/mol. The Morgan fingerprint density at radius 3 is 3.00 bits per heavy atom. The van der Waals surface area contributed by atoms with Crippen LogP contribution in [0.4, 0.5) is 0 Å². The normalized spacial score (nSPS) is 19.5. The third-order valence-electron chi connectivity index (χ3n) is 4.31. The van der Waals surface area contributed by atoms with E-state index in [0.29, 0.717) is 5.75 Å². The van der Waals surface area contributed by atoms with Crippen LogP contribution in [0.25, 0.3) is 0 Å². The van der Waals surface area contributed by atoms with Crippen LogP contribution < -0.4 is 4.74 Å². The van der Waals surface area contributed by atoms with Gasteiger partial charge in [-0.15, -0.1) is 0 Å². The lowest BCUT2D eigenvalue weighted by Gasteiger charge is -2.20. The fourth-order valence-electron chi connectivity index (χ4n) is 3.03. The first kappa shape index (κ1) is 16.0. The lowest BCUT2D eigenvalue weighted by molar-refractivity contribution is 0.154. The number of aromatic nitrogens is 3. The SMILES string of the molecule is Cc1nn(C)c(Oc2cccnc2)c1CN1CCCC(O)CC1. The second kappa shape index (κ2) is 7.10. The summed E-state index contributed by atoms with van der Waals surface area (Å²) < 4.78 is 7.80. The fourth-order valence-corrected chi connectivity index (χ4v) is 3.03. The van der Waals surface area contributed by atoms with Crippen molar-refractivity contribution in [2.24, 2.45) is 7.05 Å². The average molecular weight is 316 g/mol. The van der Waals surface area contributed by atoms with Gasteiger partial charge in [-0.2, -0.15) is 5.10 Å². The Bertz CT molecular complexity index is 642. The molecule has 0 aliphatic carbocycles. The van der Waals surface area contributed by atoms with Gasteiger partial charge in [-0.05, 0) is 44.9 Å². The van der Waals surface area contributed by atoms with Crippen LogP contribution in [0, 0.1) is 6.92 Å². The van der Waals surface area contributed by atoms with E-state index in [1.165, 1.54) is 0 Å². The number of rotatable bonds is 4. The summed E-state index contributed by atoms with van der Waals surface area (Å²) in [4.78, 5) is 6.46. The van der Waals surface area contributed by atoms with Crippen molar-refractivity contribution < 1.29 is 9.84 Å². The Morgan fingerprint density at radius 2 is 2.22 bits per heavy atom. The highest BCUT2D eigenvalue weighted by molar-refractivity contribution is 5.34. The second-order valence-electron chi connectivity index (χ2n) is 6.14. The first-order chi connectivity index (χ1) is 11.1. The topological polar surface area (TPSA) is 63.4 Å². The number of pyridine rings is 1. The maximum absolute atomic E-state index is 9.81. The number of hydrogen-bond donors (Lipinski definition) is 1. The van der Waals surface area contributed by atoms with Gasteiger partial charge in [0.05, 0.1) is 23.6 Å². The van der Waals surface area contributed by atoms with Crippen molar-refractivity contribution in [2.75, 3.05) is 13.1 Å². The van der Waals surface area contributed by atoms with E-state index in [1.54, 1.807) is 17.1 Å². The van der Waals surface area contributed by atoms with Gasteiger partial charge in [0.15, 0.2) is 0 Å². The van der Waals surface area contributed by atoms with Crippen molar-refractivity contribution in [3.05, 3.63) is 35.8 Å². The molecule has 1 atom stereocenters. The lowest BCUT2D eigenvalue weighted by atomic mass is 10.2. The molecule has 1 fully saturated rings. The smallest absolute Gasteiger partial charge is 0.222 e. The van der Waals surface area contributed by atoms with Gasteiger partial charge < -0.3 is 9.84 Å². The van der Waals surface area contributed by atoms with Crippen molar-refractivity contribution in [2.45, 2.75) is 38.8 Å². The van der Waals surface area contributed by atoms with Crippen LogP contribution in [0.1, 0.15) is 30.5 Å². The minimum Gasteiger partial charge on any atom is -0.437 e. The molecule has 0 aromatic carbocycles. The van der Waals surface area contributed by atoms with Crippen LogP contribution in [-0.4, -0.2) is 44.0 Å². The molecule has 0 amide bonds. The zero-order valence-corrected chi connectivity index (χ0v) is 13.8. The van der Waals surface area contributed by atoms with Crippen molar-refractivity contribution >= 4 is 0 Å². The van der Waals surface area contributed by atoms with E-state index in [0.717, 1.165) is 56.0 Å². The van der Waals surface area contributed by atoms with Gasteiger partial charge in [-0.25, -0.2) is 4.68 Å². The molecule has 1 aliphatic rings. The monoisotopic (exact) mass is 316 g/mol. The minimum absolute atomic E-state index is 0.166. The minimum atomic E-state index is -0.166. The van der Waals surface area contributed by atoms with Gasteiger partial charge in [0, 0.05) is 26.3 Å². The molecular formula is C17H24N4O2. The molecule has 2 aromatic heterocycles. The van der Waals surface area contributed by atoms with Crippen LogP contribution in [-0.2, 0) is 13.6 Å². The Labute approximate surface area is 136 Å². The van der Waals surface area contributed by atoms with Crippen molar-refractivity contribution in [1.82, 2.24) is 19.7 Å². The highest BCUT2D eigenvalue weighted by Gasteiger charge is 2.21. The van der Waals surface area contributed by atoms with Crippen molar-refractivity contribution in [3.8, 4) is 11.6 Å². The van der Waals surface area contributed by atoms with Crippen LogP contribution in [0.3, 0.4) is 0 Å². The summed E-state index contributed by atoms with van der Waals surface area (Å²) in [5.41, 5.74) is 2.09. The van der Waals surface area contributed by atoms with E-state index in [9.17, 15) is 5.11 Å². The predicted molar refractivity (Wildman–Crippen MR) is 87.4 cm³/mol. The first-order valence-electron chi connectivity index (χ1n) is 8.14. The van der Waals surface area contributed by atoms with Crippen LogP contribution in [0.2, 0.25) is 0 Å². The lowest BCUT2D eigenvalue weighted by Crippen LogP contribution is -2.25. The van der Waals surface area contributed by atoms with E-state index in [4.69, 9.17) is 4.74 Å². The molecule has 2 aromatic rings. The summed E-state index contributed by atoms with van der Waals surface area (Å²) in [5.74, 6) is 1.48. The molecule has 124 valence electrons. The molecule has 3 rings (SSSR count). The molecule has 1 N–H and O–H groups in total. The predicted octanol–water partition coefficient (Wildman–Crippen LogP) is 2.26. The van der Waals surface area contributed by atoms with E-state index in [2.05, 4.69) is 15.0 Å². The summed E-state index contributed by atoms with van der Waals surface area (Å²) in [6.07, 6.45) is 6.01. The quantitative estimate of drug-likeness (QED) is 0.937. The van der Waals surface area contributed by atoms with Gasteiger partial charge in [0.1, 0.15) is 5.75 Å². The third-order valence-corrected chi connectivity index (χ3v) is 4.31. The van der Waals surface area contributed by atoms with E-state index >= 15 is 0 Å². The first-order valence-corrected chi connectivity index (χ1v) is 8.14. The molecule has 3 heterocycles. The van der Waals surface area contributed by atoms with Crippen LogP contribution in [0.5, 0.6) is 11.6 Å². The number of nitrogens with zero attached hydrogens (tertiary/aromatic N) is 4. The average Bonchev–Trinajstić information content (AvgIpc) is 2.70. The summed E-state index contributed by atoms with van der Waals surface area (Å²) in [6, 6.07) is 3.75. The van der Waals surface area contributed by atoms with Crippen LogP contribution in [0.15, 0.2) is 24.5 Å². The molecule has 1 unspecified atom stereocenters. The standard InChI is InChI=1S/C17H24N4O2/c1-13-16(12-21-9-4-5-14(22)7-10-21)17(20(2)19-13)23-15-6-3-8-18-11-15/h3,6,8,11,14,22H,4-5,7,9-10,12H2,1-2H3. The van der Waals surface area contributed by atoms with Crippen molar-refractivity contribution in [1.29, 1.82) is 0 Å². The second-order valence-corrected chi connectivity index (χ2v) is 6.14. The zero-order chi connectivity index (χ0) is 16.2. The Hall–Kier alpha value is -1.92.